The minimum absolute atomic E-state index is 0.213. The van der Waals surface area contributed by atoms with Gasteiger partial charge in [-0.05, 0) is 50.1 Å². The van der Waals surface area contributed by atoms with Crippen molar-refractivity contribution in [2.45, 2.75) is 59.9 Å². The second-order valence-corrected chi connectivity index (χ2v) is 6.74. The summed E-state index contributed by atoms with van der Waals surface area (Å²) >= 11 is 0. The number of aromatic nitrogens is 4. The predicted octanol–water partition coefficient (Wildman–Crippen LogP) is 5.28. The zero-order valence-corrected chi connectivity index (χ0v) is 18.3. The molecule has 0 aliphatic carbocycles. The molecular weight excluding hydrogens is 391 g/mol. The summed E-state index contributed by atoms with van der Waals surface area (Å²) in [4.78, 5) is 10.6. The van der Waals surface area contributed by atoms with E-state index >= 15 is 0 Å². The van der Waals surface area contributed by atoms with Gasteiger partial charge in [0, 0.05) is 24.7 Å². The Balaban J connectivity index is 0.000000757. The number of halogens is 3. The van der Waals surface area contributed by atoms with Gasteiger partial charge in [0.25, 0.3) is 5.78 Å². The molecule has 0 radical (unpaired) electrons. The van der Waals surface area contributed by atoms with E-state index in [1.54, 1.807) is 4.52 Å². The summed E-state index contributed by atoms with van der Waals surface area (Å²) in [6.07, 6.45) is 3.42. The third kappa shape index (κ3) is 5.36. The summed E-state index contributed by atoms with van der Waals surface area (Å²) in [6.45, 7) is 11.8. The van der Waals surface area contributed by atoms with Gasteiger partial charge in [-0.2, -0.15) is 10.1 Å². The molecule has 5 nitrogen and oxygen atoms in total. The molecule has 4 rings (SSSR count). The van der Waals surface area contributed by atoms with Crippen molar-refractivity contribution in [2.75, 3.05) is 13.1 Å². The summed E-state index contributed by atoms with van der Waals surface area (Å²) in [5.41, 5.74) is 2.34. The first-order valence-electron chi connectivity index (χ1n) is 10.5. The monoisotopic (exact) mass is 421 g/mol. The van der Waals surface area contributed by atoms with Gasteiger partial charge in [-0.25, -0.2) is 22.7 Å². The van der Waals surface area contributed by atoms with Crippen LogP contribution in [0.25, 0.3) is 5.78 Å². The molecule has 30 heavy (non-hydrogen) atoms. The molecular formula is C22H30F3N5. The van der Waals surface area contributed by atoms with Crippen LogP contribution in [0.5, 0.6) is 0 Å². The van der Waals surface area contributed by atoms with Crippen molar-refractivity contribution in [2.24, 2.45) is 0 Å². The minimum atomic E-state index is -1.42. The van der Waals surface area contributed by atoms with Crippen molar-refractivity contribution in [3.63, 3.8) is 0 Å². The zero-order chi connectivity index (χ0) is 22.3. The lowest BCUT2D eigenvalue weighted by atomic mass is 9.93. The van der Waals surface area contributed by atoms with Crippen molar-refractivity contribution < 1.29 is 13.2 Å². The molecule has 2 aromatic heterocycles. The van der Waals surface area contributed by atoms with Gasteiger partial charge < -0.3 is 0 Å². The molecule has 1 aliphatic rings. The fraction of sp³-hybridized carbons (Fsp3) is 0.500. The Hall–Kier alpha value is -2.48. The average molecular weight is 422 g/mol. The molecule has 0 saturated carbocycles. The number of hydrogen-bond donors (Lipinski definition) is 0. The van der Waals surface area contributed by atoms with Crippen LogP contribution in [-0.2, 0) is 6.54 Å². The lowest BCUT2D eigenvalue weighted by Crippen LogP contribution is -2.34. The number of likely N-dealkylation sites (tertiary alicyclic amines) is 1. The summed E-state index contributed by atoms with van der Waals surface area (Å²) in [7, 11) is 0. The molecule has 8 heteroatoms. The Bertz CT molecular complexity index is 934. The molecule has 0 amide bonds. The molecule has 1 fully saturated rings. The standard InChI is InChI=1S/C18H18F3N5.2C2H6/c1-11-5-16(26-18(24-11)22-10-23-26)13-3-2-4-25(9-13)8-12-6-14(19)17(21)15(20)7-12;2*1-2/h5-7,10,13H,2-4,8-9H2,1H3;2*1-2H3. The quantitative estimate of drug-likeness (QED) is 0.540. The van der Waals surface area contributed by atoms with E-state index in [1.807, 2.05) is 40.7 Å². The Morgan fingerprint density at radius 2 is 1.70 bits per heavy atom. The van der Waals surface area contributed by atoms with Crippen molar-refractivity contribution in [1.29, 1.82) is 0 Å². The molecule has 0 N–H and O–H groups in total. The normalized spacial score (nSPS) is 16.5. The minimum Gasteiger partial charge on any atom is -0.298 e. The second kappa shape index (κ2) is 11.1. The van der Waals surface area contributed by atoms with E-state index in [1.165, 1.54) is 6.33 Å². The van der Waals surface area contributed by atoms with E-state index < -0.39 is 17.5 Å². The predicted molar refractivity (Wildman–Crippen MR) is 112 cm³/mol. The first kappa shape index (κ1) is 23.8. The van der Waals surface area contributed by atoms with Crippen LogP contribution in [-0.4, -0.2) is 37.6 Å². The largest absolute Gasteiger partial charge is 0.298 e. The molecule has 1 unspecified atom stereocenters. The van der Waals surface area contributed by atoms with Gasteiger partial charge in [-0.3, -0.25) is 4.90 Å². The Kier molecular flexibility index (Phi) is 8.77. The maximum Gasteiger partial charge on any atom is 0.252 e. The van der Waals surface area contributed by atoms with E-state index in [0.717, 1.165) is 49.5 Å². The number of benzene rings is 1. The van der Waals surface area contributed by atoms with Crippen LogP contribution in [0.3, 0.4) is 0 Å². The maximum absolute atomic E-state index is 13.5. The van der Waals surface area contributed by atoms with Crippen molar-refractivity contribution in [3.05, 3.63) is 58.9 Å². The highest BCUT2D eigenvalue weighted by Gasteiger charge is 2.25. The number of aryl methyl sites for hydroxylation is 1. The first-order valence-corrected chi connectivity index (χ1v) is 10.5. The van der Waals surface area contributed by atoms with E-state index in [9.17, 15) is 13.2 Å². The Morgan fingerprint density at radius 3 is 2.37 bits per heavy atom. The number of nitrogens with zero attached hydrogens (tertiary/aromatic N) is 5. The van der Waals surface area contributed by atoms with Gasteiger partial charge in [0.05, 0.1) is 5.69 Å². The van der Waals surface area contributed by atoms with Crippen LogP contribution < -0.4 is 0 Å². The van der Waals surface area contributed by atoms with Gasteiger partial charge in [0.2, 0.25) is 0 Å². The van der Waals surface area contributed by atoms with E-state index in [0.29, 0.717) is 17.9 Å². The molecule has 0 spiro atoms. The zero-order valence-electron chi connectivity index (χ0n) is 18.3. The van der Waals surface area contributed by atoms with Crippen molar-refractivity contribution in [1.82, 2.24) is 24.5 Å². The molecule has 1 aliphatic heterocycles. The van der Waals surface area contributed by atoms with Crippen LogP contribution in [0.1, 0.15) is 63.4 Å². The van der Waals surface area contributed by atoms with Gasteiger partial charge >= 0.3 is 0 Å². The van der Waals surface area contributed by atoms with Crippen LogP contribution >= 0.6 is 0 Å². The number of fused-ring (bicyclic) bond motifs is 1. The first-order chi connectivity index (χ1) is 14.5. The van der Waals surface area contributed by atoms with E-state index in [4.69, 9.17) is 0 Å². The summed E-state index contributed by atoms with van der Waals surface area (Å²) < 4.78 is 41.8. The van der Waals surface area contributed by atoms with Crippen LogP contribution in [0.15, 0.2) is 24.5 Å². The average Bonchev–Trinajstić information content (AvgIpc) is 3.23. The summed E-state index contributed by atoms with van der Waals surface area (Å²) in [6, 6.07) is 4.13. The van der Waals surface area contributed by atoms with Crippen molar-refractivity contribution in [3.8, 4) is 0 Å². The van der Waals surface area contributed by atoms with Gasteiger partial charge in [0.15, 0.2) is 17.5 Å². The lowest BCUT2D eigenvalue weighted by molar-refractivity contribution is 0.197. The molecule has 1 saturated heterocycles. The van der Waals surface area contributed by atoms with E-state index in [2.05, 4.69) is 20.0 Å². The van der Waals surface area contributed by atoms with Crippen LogP contribution in [0, 0.1) is 24.4 Å². The molecule has 1 aromatic carbocycles. The summed E-state index contributed by atoms with van der Waals surface area (Å²) in [5.74, 6) is -2.94. The molecule has 3 heterocycles. The fourth-order valence-electron chi connectivity index (χ4n) is 3.65. The highest BCUT2D eigenvalue weighted by molar-refractivity contribution is 5.31. The van der Waals surface area contributed by atoms with Gasteiger partial charge in [0.1, 0.15) is 6.33 Å². The molecule has 1 atom stereocenters. The van der Waals surface area contributed by atoms with Gasteiger partial charge in [-0.15, -0.1) is 0 Å². The fourth-order valence-corrected chi connectivity index (χ4v) is 3.65. The van der Waals surface area contributed by atoms with Crippen molar-refractivity contribution >= 4 is 5.78 Å². The molecule has 3 aromatic rings. The number of hydrogen-bond acceptors (Lipinski definition) is 4. The maximum atomic E-state index is 13.5. The highest BCUT2D eigenvalue weighted by Crippen LogP contribution is 2.28. The number of rotatable bonds is 3. The lowest BCUT2D eigenvalue weighted by Gasteiger charge is -2.33. The molecule has 164 valence electrons. The second-order valence-electron chi connectivity index (χ2n) is 6.74. The SMILES string of the molecule is CC.CC.Cc1cc(C2CCCN(Cc3cc(F)c(F)c(F)c3)C2)n2ncnc2n1. The molecule has 0 bridgehead atoms. The number of piperidine rings is 1. The summed E-state index contributed by atoms with van der Waals surface area (Å²) in [5, 5.41) is 4.26. The van der Waals surface area contributed by atoms with E-state index in [-0.39, 0.29) is 5.92 Å². The topological polar surface area (TPSA) is 46.3 Å². The third-order valence-electron chi connectivity index (χ3n) is 4.78. The Morgan fingerprint density at radius 1 is 1.03 bits per heavy atom. The Labute approximate surface area is 176 Å². The van der Waals surface area contributed by atoms with Crippen LogP contribution in [0.2, 0.25) is 0 Å². The van der Waals surface area contributed by atoms with Gasteiger partial charge in [-0.1, -0.05) is 27.7 Å². The highest BCUT2D eigenvalue weighted by atomic mass is 19.2. The van der Waals surface area contributed by atoms with Crippen LogP contribution in [0.4, 0.5) is 13.2 Å². The third-order valence-corrected chi connectivity index (χ3v) is 4.78. The smallest absolute Gasteiger partial charge is 0.252 e.